The van der Waals surface area contributed by atoms with Crippen LogP contribution in [0.15, 0.2) is 35.3 Å². The van der Waals surface area contributed by atoms with Crippen LogP contribution in [0.2, 0.25) is 5.02 Å². The van der Waals surface area contributed by atoms with Gasteiger partial charge in [0.25, 0.3) is 0 Å². The molecule has 0 saturated heterocycles. The lowest BCUT2D eigenvalue weighted by molar-refractivity contribution is 1.000. The van der Waals surface area contributed by atoms with Gasteiger partial charge in [-0.25, -0.2) is 0 Å². The fourth-order valence-electron chi connectivity index (χ4n) is 0.911. The van der Waals surface area contributed by atoms with Gasteiger partial charge in [0.15, 0.2) is 0 Å². The van der Waals surface area contributed by atoms with Crippen molar-refractivity contribution in [2.75, 3.05) is 5.32 Å². The maximum atomic E-state index is 5.81. The molecule has 3 heteroatoms. The smallest absolute Gasteiger partial charge is 0.0490 e. The highest BCUT2D eigenvalue weighted by Crippen LogP contribution is 2.26. The minimum atomic E-state index is 0.248. The van der Waals surface area contributed by atoms with Gasteiger partial charge in [-0.1, -0.05) is 17.7 Å². The lowest BCUT2D eigenvalue weighted by atomic mass is 10.2. The van der Waals surface area contributed by atoms with Gasteiger partial charge in [0.05, 0.1) is 0 Å². The highest BCUT2D eigenvalue weighted by molar-refractivity contribution is 9.10. The number of hydrogen-bond acceptors (Lipinski definition) is 1. The SMILES string of the molecule is C=CC(C)Nc1ccc(Cl)cc1Br. The van der Waals surface area contributed by atoms with E-state index in [1.165, 1.54) is 0 Å². The van der Waals surface area contributed by atoms with Gasteiger partial charge in [-0.05, 0) is 41.1 Å². The molecule has 0 aliphatic heterocycles. The molecule has 1 rings (SSSR count). The van der Waals surface area contributed by atoms with E-state index in [0.717, 1.165) is 15.2 Å². The molecule has 0 amide bonds. The molecule has 0 radical (unpaired) electrons. The topological polar surface area (TPSA) is 12.0 Å². The van der Waals surface area contributed by atoms with Crippen LogP contribution >= 0.6 is 27.5 Å². The molecule has 0 fully saturated rings. The van der Waals surface area contributed by atoms with Crippen LogP contribution in [-0.4, -0.2) is 6.04 Å². The molecule has 13 heavy (non-hydrogen) atoms. The Morgan fingerprint density at radius 3 is 2.85 bits per heavy atom. The molecule has 1 aromatic carbocycles. The van der Waals surface area contributed by atoms with Crippen LogP contribution in [-0.2, 0) is 0 Å². The molecule has 1 nitrogen and oxygen atoms in total. The van der Waals surface area contributed by atoms with E-state index < -0.39 is 0 Å². The van der Waals surface area contributed by atoms with E-state index in [1.807, 2.05) is 31.2 Å². The number of hydrogen-bond donors (Lipinski definition) is 1. The molecule has 0 aromatic heterocycles. The van der Waals surface area contributed by atoms with E-state index >= 15 is 0 Å². The quantitative estimate of drug-likeness (QED) is 0.807. The number of benzene rings is 1. The first-order valence-electron chi connectivity index (χ1n) is 3.97. The predicted molar refractivity (Wildman–Crippen MR) is 62.4 cm³/mol. The molecule has 70 valence electrons. The van der Waals surface area contributed by atoms with Gasteiger partial charge in [-0.2, -0.15) is 0 Å². The summed E-state index contributed by atoms with van der Waals surface area (Å²) in [5.41, 5.74) is 1.02. The first-order valence-corrected chi connectivity index (χ1v) is 5.14. The molecule has 1 unspecified atom stereocenters. The van der Waals surface area contributed by atoms with Crippen molar-refractivity contribution >= 4 is 33.2 Å². The van der Waals surface area contributed by atoms with Crippen LogP contribution in [0.4, 0.5) is 5.69 Å². The standard InChI is InChI=1S/C10H11BrClN/c1-3-7(2)13-10-5-4-8(12)6-9(10)11/h3-7,13H,1H2,2H3. The summed E-state index contributed by atoms with van der Waals surface area (Å²) in [7, 11) is 0. The van der Waals surface area contributed by atoms with Crippen LogP contribution in [0, 0.1) is 0 Å². The summed E-state index contributed by atoms with van der Waals surface area (Å²) < 4.78 is 0.966. The van der Waals surface area contributed by atoms with Gasteiger partial charge in [-0.3, -0.25) is 0 Å². The molecule has 0 aliphatic rings. The van der Waals surface area contributed by atoms with Gasteiger partial charge < -0.3 is 5.32 Å². The maximum absolute atomic E-state index is 5.81. The Balaban J connectivity index is 2.83. The second-order valence-electron chi connectivity index (χ2n) is 2.79. The fourth-order valence-corrected chi connectivity index (χ4v) is 1.71. The van der Waals surface area contributed by atoms with Crippen LogP contribution in [0.5, 0.6) is 0 Å². The van der Waals surface area contributed by atoms with E-state index in [4.69, 9.17) is 11.6 Å². The van der Waals surface area contributed by atoms with Crippen molar-refractivity contribution in [3.63, 3.8) is 0 Å². The van der Waals surface area contributed by atoms with Gasteiger partial charge >= 0.3 is 0 Å². The van der Waals surface area contributed by atoms with Crippen molar-refractivity contribution < 1.29 is 0 Å². The van der Waals surface area contributed by atoms with Gasteiger partial charge in [0, 0.05) is 21.2 Å². The van der Waals surface area contributed by atoms with Crippen molar-refractivity contribution in [2.24, 2.45) is 0 Å². The average molecular weight is 261 g/mol. The first-order chi connectivity index (χ1) is 6.13. The summed E-state index contributed by atoms with van der Waals surface area (Å²) in [4.78, 5) is 0. The van der Waals surface area contributed by atoms with Crippen molar-refractivity contribution in [1.82, 2.24) is 0 Å². The van der Waals surface area contributed by atoms with E-state index in [1.54, 1.807) is 0 Å². The minimum Gasteiger partial charge on any atom is -0.378 e. The summed E-state index contributed by atoms with van der Waals surface area (Å²) >= 11 is 9.23. The third-order valence-electron chi connectivity index (χ3n) is 1.67. The number of halogens is 2. The monoisotopic (exact) mass is 259 g/mol. The summed E-state index contributed by atoms with van der Waals surface area (Å²) in [6.07, 6.45) is 1.85. The molecule has 0 spiro atoms. The molecule has 0 bridgehead atoms. The van der Waals surface area contributed by atoms with Crippen molar-refractivity contribution in [3.8, 4) is 0 Å². The average Bonchev–Trinajstić information content (AvgIpc) is 2.09. The third-order valence-corrected chi connectivity index (χ3v) is 2.56. The normalized spacial score (nSPS) is 12.2. The van der Waals surface area contributed by atoms with Crippen LogP contribution < -0.4 is 5.32 Å². The van der Waals surface area contributed by atoms with Crippen molar-refractivity contribution in [2.45, 2.75) is 13.0 Å². The Morgan fingerprint density at radius 1 is 1.62 bits per heavy atom. The molecule has 1 atom stereocenters. The summed E-state index contributed by atoms with van der Waals surface area (Å²) in [5, 5.41) is 3.99. The lowest BCUT2D eigenvalue weighted by Crippen LogP contribution is -2.11. The highest BCUT2D eigenvalue weighted by atomic mass is 79.9. The Kier molecular flexibility index (Phi) is 3.82. The summed E-state index contributed by atoms with van der Waals surface area (Å²) in [6.45, 7) is 5.74. The number of anilines is 1. The lowest BCUT2D eigenvalue weighted by Gasteiger charge is -2.12. The molecular weight excluding hydrogens is 249 g/mol. The predicted octanol–water partition coefficient (Wildman–Crippen LogP) is 4.09. The second-order valence-corrected chi connectivity index (χ2v) is 4.08. The van der Waals surface area contributed by atoms with Gasteiger partial charge in [0.2, 0.25) is 0 Å². The highest BCUT2D eigenvalue weighted by Gasteiger charge is 2.01. The largest absolute Gasteiger partial charge is 0.378 e. The van der Waals surface area contributed by atoms with Crippen LogP contribution in [0.25, 0.3) is 0 Å². The zero-order valence-corrected chi connectivity index (χ0v) is 9.69. The molecule has 0 heterocycles. The zero-order valence-electron chi connectivity index (χ0n) is 7.35. The Hall–Kier alpha value is -0.470. The molecule has 1 N–H and O–H groups in total. The second kappa shape index (κ2) is 4.68. The van der Waals surface area contributed by atoms with Gasteiger partial charge in [-0.15, -0.1) is 6.58 Å². The Morgan fingerprint density at radius 2 is 2.31 bits per heavy atom. The number of rotatable bonds is 3. The summed E-state index contributed by atoms with van der Waals surface area (Å²) in [6, 6.07) is 5.90. The number of nitrogens with one attached hydrogen (secondary N) is 1. The molecule has 0 aliphatic carbocycles. The van der Waals surface area contributed by atoms with Crippen molar-refractivity contribution in [3.05, 3.63) is 40.3 Å². The zero-order chi connectivity index (χ0) is 9.84. The fraction of sp³-hybridized carbons (Fsp3) is 0.200. The van der Waals surface area contributed by atoms with Gasteiger partial charge in [0.1, 0.15) is 0 Å². The van der Waals surface area contributed by atoms with E-state index in [0.29, 0.717) is 0 Å². The Bertz CT molecular complexity index is 312. The van der Waals surface area contributed by atoms with Crippen molar-refractivity contribution in [1.29, 1.82) is 0 Å². The van der Waals surface area contributed by atoms with Crippen LogP contribution in [0.1, 0.15) is 6.92 Å². The first kappa shape index (κ1) is 10.6. The Labute approximate surface area is 91.9 Å². The minimum absolute atomic E-state index is 0.248. The van der Waals surface area contributed by atoms with E-state index in [-0.39, 0.29) is 6.04 Å². The molecular formula is C10H11BrClN. The van der Waals surface area contributed by atoms with Crippen LogP contribution in [0.3, 0.4) is 0 Å². The maximum Gasteiger partial charge on any atom is 0.0490 e. The van der Waals surface area contributed by atoms with E-state index in [9.17, 15) is 0 Å². The molecule has 1 aromatic rings. The third kappa shape index (κ3) is 3.05. The summed E-state index contributed by atoms with van der Waals surface area (Å²) in [5.74, 6) is 0. The molecule has 0 saturated carbocycles. The van der Waals surface area contributed by atoms with E-state index in [2.05, 4.69) is 27.8 Å².